The van der Waals surface area contributed by atoms with Crippen molar-refractivity contribution in [1.29, 1.82) is 0 Å². The summed E-state index contributed by atoms with van der Waals surface area (Å²) in [4.78, 5) is 0. The van der Waals surface area contributed by atoms with E-state index in [0.29, 0.717) is 17.1 Å². The molecular formula is C13H14F2N2O2. The number of halogens is 2. The van der Waals surface area contributed by atoms with Crippen molar-refractivity contribution >= 4 is 0 Å². The average Bonchev–Trinajstić information content (AvgIpc) is 2.66. The average molecular weight is 268 g/mol. The van der Waals surface area contributed by atoms with Crippen LogP contribution in [0.3, 0.4) is 0 Å². The number of methoxy groups -OCH3 is 1. The van der Waals surface area contributed by atoms with Gasteiger partial charge in [0.1, 0.15) is 6.10 Å². The maximum atomic E-state index is 13.7. The molecule has 1 aromatic heterocycles. The second-order valence-electron chi connectivity index (χ2n) is 4.18. The molecule has 4 nitrogen and oxygen atoms in total. The summed E-state index contributed by atoms with van der Waals surface area (Å²) in [5, 5.41) is 14.4. The Balaban J connectivity index is 2.56. The molecule has 0 radical (unpaired) electrons. The van der Waals surface area contributed by atoms with Crippen LogP contribution in [0.25, 0.3) is 0 Å². The number of nitrogens with zero attached hydrogens (tertiary/aromatic N) is 2. The Hall–Kier alpha value is -1.95. The zero-order chi connectivity index (χ0) is 14.2. The monoisotopic (exact) mass is 268 g/mol. The lowest BCUT2D eigenvalue weighted by Crippen LogP contribution is -2.07. The van der Waals surface area contributed by atoms with Gasteiger partial charge in [-0.3, -0.25) is 0 Å². The van der Waals surface area contributed by atoms with Gasteiger partial charge in [-0.05, 0) is 13.0 Å². The molecule has 0 amide bonds. The predicted molar refractivity (Wildman–Crippen MR) is 64.9 cm³/mol. The number of benzene rings is 1. The molecule has 0 aliphatic heterocycles. The van der Waals surface area contributed by atoms with Crippen molar-refractivity contribution in [2.75, 3.05) is 7.11 Å². The highest BCUT2D eigenvalue weighted by molar-refractivity contribution is 5.40. The molecule has 1 heterocycles. The van der Waals surface area contributed by atoms with Crippen molar-refractivity contribution in [3.8, 4) is 5.88 Å². The lowest BCUT2D eigenvalue weighted by atomic mass is 10.0. The second kappa shape index (κ2) is 4.97. The van der Waals surface area contributed by atoms with E-state index in [-0.39, 0.29) is 5.56 Å². The number of aryl methyl sites for hydroxylation is 2. The van der Waals surface area contributed by atoms with Gasteiger partial charge in [-0.25, -0.2) is 13.5 Å². The topological polar surface area (TPSA) is 47.3 Å². The summed E-state index contributed by atoms with van der Waals surface area (Å²) in [6.07, 6.45) is -1.33. The molecule has 0 aliphatic carbocycles. The molecule has 6 heteroatoms. The first kappa shape index (κ1) is 13.5. The molecule has 19 heavy (non-hydrogen) atoms. The molecule has 0 bridgehead atoms. The molecular weight excluding hydrogens is 254 g/mol. The Morgan fingerprint density at radius 1 is 1.37 bits per heavy atom. The SMILES string of the molecule is COc1c(C(O)c2cccc(F)c2F)c(C)nn1C. The standard InChI is InChI=1S/C13H14F2N2O2/c1-7-10(13(19-3)17(2)16-7)12(18)8-5-4-6-9(14)11(8)15/h4-6,12,18H,1-3H3. The molecule has 0 saturated carbocycles. The van der Waals surface area contributed by atoms with Gasteiger partial charge in [0.15, 0.2) is 11.6 Å². The van der Waals surface area contributed by atoms with Gasteiger partial charge in [0.05, 0.1) is 18.4 Å². The summed E-state index contributed by atoms with van der Waals surface area (Å²) >= 11 is 0. The largest absolute Gasteiger partial charge is 0.481 e. The van der Waals surface area contributed by atoms with Crippen molar-refractivity contribution < 1.29 is 18.6 Å². The van der Waals surface area contributed by atoms with E-state index < -0.39 is 17.7 Å². The fraction of sp³-hybridized carbons (Fsp3) is 0.308. The van der Waals surface area contributed by atoms with Gasteiger partial charge in [0.2, 0.25) is 5.88 Å². The van der Waals surface area contributed by atoms with Crippen LogP contribution in [0.1, 0.15) is 22.9 Å². The van der Waals surface area contributed by atoms with Crippen LogP contribution < -0.4 is 4.74 Å². The van der Waals surface area contributed by atoms with E-state index in [0.717, 1.165) is 6.07 Å². The van der Waals surface area contributed by atoms with Crippen LogP contribution in [0, 0.1) is 18.6 Å². The van der Waals surface area contributed by atoms with Gasteiger partial charge in [-0.15, -0.1) is 0 Å². The molecule has 0 saturated heterocycles. The van der Waals surface area contributed by atoms with E-state index in [9.17, 15) is 13.9 Å². The molecule has 102 valence electrons. The summed E-state index contributed by atoms with van der Waals surface area (Å²) in [5.74, 6) is -1.76. The summed E-state index contributed by atoms with van der Waals surface area (Å²) in [5.41, 5.74) is 0.680. The minimum Gasteiger partial charge on any atom is -0.481 e. The van der Waals surface area contributed by atoms with Gasteiger partial charge in [-0.2, -0.15) is 5.10 Å². The van der Waals surface area contributed by atoms with Crippen LogP contribution in [0.15, 0.2) is 18.2 Å². The lowest BCUT2D eigenvalue weighted by molar-refractivity contribution is 0.206. The Morgan fingerprint density at radius 3 is 2.68 bits per heavy atom. The van der Waals surface area contributed by atoms with Gasteiger partial charge < -0.3 is 9.84 Å². The molecule has 1 aromatic carbocycles. The van der Waals surface area contributed by atoms with Crippen LogP contribution in [-0.4, -0.2) is 22.0 Å². The Labute approximate surface area is 109 Å². The maximum absolute atomic E-state index is 13.7. The number of ether oxygens (including phenoxy) is 1. The number of hydrogen-bond donors (Lipinski definition) is 1. The molecule has 1 unspecified atom stereocenters. The van der Waals surface area contributed by atoms with Crippen LogP contribution in [-0.2, 0) is 7.05 Å². The highest BCUT2D eigenvalue weighted by Crippen LogP contribution is 2.33. The third kappa shape index (κ3) is 2.19. The first-order chi connectivity index (χ1) is 8.97. The van der Waals surface area contributed by atoms with Gasteiger partial charge in [0, 0.05) is 12.6 Å². The third-order valence-electron chi connectivity index (χ3n) is 2.96. The highest BCUT2D eigenvalue weighted by Gasteiger charge is 2.26. The van der Waals surface area contributed by atoms with E-state index >= 15 is 0 Å². The predicted octanol–water partition coefficient (Wildman–Crippen LogP) is 2.10. The molecule has 0 fully saturated rings. The number of rotatable bonds is 3. The molecule has 1 atom stereocenters. The smallest absolute Gasteiger partial charge is 0.217 e. The minimum absolute atomic E-state index is 0.144. The Morgan fingerprint density at radius 2 is 2.05 bits per heavy atom. The van der Waals surface area contributed by atoms with Gasteiger partial charge >= 0.3 is 0 Å². The maximum Gasteiger partial charge on any atom is 0.217 e. The Bertz CT molecular complexity index is 611. The fourth-order valence-electron chi connectivity index (χ4n) is 2.10. The van der Waals surface area contributed by atoms with Crippen LogP contribution in [0.4, 0.5) is 8.78 Å². The van der Waals surface area contributed by atoms with Gasteiger partial charge in [-0.1, -0.05) is 12.1 Å². The van der Waals surface area contributed by atoms with Crippen LogP contribution >= 0.6 is 0 Å². The Kier molecular flexibility index (Phi) is 3.53. The minimum atomic E-state index is -1.33. The lowest BCUT2D eigenvalue weighted by Gasteiger charge is -2.13. The van der Waals surface area contributed by atoms with Crippen molar-refractivity contribution in [1.82, 2.24) is 9.78 Å². The van der Waals surface area contributed by atoms with E-state index in [2.05, 4.69) is 5.10 Å². The van der Waals surface area contributed by atoms with E-state index in [1.54, 1.807) is 14.0 Å². The fourth-order valence-corrected chi connectivity index (χ4v) is 2.10. The molecule has 0 spiro atoms. The van der Waals surface area contributed by atoms with E-state index in [1.807, 2.05) is 0 Å². The van der Waals surface area contributed by atoms with Crippen molar-refractivity contribution in [3.63, 3.8) is 0 Å². The van der Waals surface area contributed by atoms with Crippen molar-refractivity contribution in [2.45, 2.75) is 13.0 Å². The quantitative estimate of drug-likeness (QED) is 0.927. The molecule has 0 aliphatic rings. The first-order valence-electron chi connectivity index (χ1n) is 5.66. The van der Waals surface area contributed by atoms with Crippen molar-refractivity contribution in [2.24, 2.45) is 7.05 Å². The number of aromatic nitrogens is 2. The molecule has 2 rings (SSSR count). The van der Waals surface area contributed by atoms with Crippen molar-refractivity contribution in [3.05, 3.63) is 46.7 Å². The summed E-state index contributed by atoms with van der Waals surface area (Å²) in [6, 6.07) is 3.67. The summed E-state index contributed by atoms with van der Waals surface area (Å²) in [6.45, 7) is 1.66. The zero-order valence-corrected chi connectivity index (χ0v) is 10.8. The molecule has 2 aromatic rings. The molecule has 1 N–H and O–H groups in total. The summed E-state index contributed by atoms with van der Waals surface area (Å²) < 4.78 is 33.5. The van der Waals surface area contributed by atoms with Gasteiger partial charge in [0.25, 0.3) is 0 Å². The van der Waals surface area contributed by atoms with Crippen LogP contribution in [0.2, 0.25) is 0 Å². The second-order valence-corrected chi connectivity index (χ2v) is 4.18. The van der Waals surface area contributed by atoms with E-state index in [4.69, 9.17) is 4.74 Å². The summed E-state index contributed by atoms with van der Waals surface area (Å²) in [7, 11) is 3.07. The highest BCUT2D eigenvalue weighted by atomic mass is 19.2. The zero-order valence-electron chi connectivity index (χ0n) is 10.8. The number of aliphatic hydroxyl groups is 1. The van der Waals surface area contributed by atoms with E-state index in [1.165, 1.54) is 23.9 Å². The third-order valence-corrected chi connectivity index (χ3v) is 2.96. The number of hydrogen-bond acceptors (Lipinski definition) is 3. The van der Waals surface area contributed by atoms with Crippen LogP contribution in [0.5, 0.6) is 5.88 Å². The normalized spacial score (nSPS) is 12.5. The number of aliphatic hydroxyl groups excluding tert-OH is 1. The first-order valence-corrected chi connectivity index (χ1v) is 5.66.